The Morgan fingerprint density at radius 1 is 1.56 bits per heavy atom. The molecule has 0 aromatic heterocycles. The summed E-state index contributed by atoms with van der Waals surface area (Å²) in [4.78, 5) is 0. The zero-order chi connectivity index (χ0) is 12.2. The van der Waals surface area contributed by atoms with Gasteiger partial charge in [-0.2, -0.15) is 10.5 Å². The van der Waals surface area contributed by atoms with Crippen LogP contribution in [0.2, 0.25) is 0 Å². The van der Waals surface area contributed by atoms with Crippen LogP contribution in [0.15, 0.2) is 23.5 Å². The molecule has 1 N–H and O–H groups in total. The maximum absolute atomic E-state index is 9.69. The Bertz CT molecular complexity index is 410. The van der Waals surface area contributed by atoms with Gasteiger partial charge >= 0.3 is 0 Å². The second-order valence-electron chi connectivity index (χ2n) is 4.21. The molecule has 16 heavy (non-hydrogen) atoms. The van der Waals surface area contributed by atoms with Crippen molar-refractivity contribution >= 4 is 0 Å². The quantitative estimate of drug-likeness (QED) is 0.730. The van der Waals surface area contributed by atoms with Gasteiger partial charge in [-0.3, -0.25) is 0 Å². The van der Waals surface area contributed by atoms with E-state index < -0.39 is 5.60 Å². The Hall–Kier alpha value is -1.78. The number of rotatable bonds is 3. The Labute approximate surface area is 95.1 Å². The Kier molecular flexibility index (Phi) is 3.71. The molecule has 84 valence electrons. The van der Waals surface area contributed by atoms with Gasteiger partial charge in [-0.15, -0.1) is 0 Å². The molecule has 0 amide bonds. The first-order valence-corrected chi connectivity index (χ1v) is 5.09. The van der Waals surface area contributed by atoms with Gasteiger partial charge in [0.15, 0.2) is 5.60 Å². The number of aliphatic hydroxyl groups is 1. The Morgan fingerprint density at radius 2 is 2.25 bits per heavy atom. The van der Waals surface area contributed by atoms with Gasteiger partial charge in [0.2, 0.25) is 0 Å². The van der Waals surface area contributed by atoms with Crippen molar-refractivity contribution in [1.82, 2.24) is 0 Å². The van der Waals surface area contributed by atoms with Crippen molar-refractivity contribution < 1.29 is 9.84 Å². The molecule has 1 aliphatic carbocycles. The third kappa shape index (κ3) is 2.85. The first-order valence-electron chi connectivity index (χ1n) is 5.09. The third-order valence-corrected chi connectivity index (χ3v) is 2.15. The van der Waals surface area contributed by atoms with Gasteiger partial charge in [0.25, 0.3) is 0 Å². The fraction of sp³-hybridized carbons (Fsp3) is 0.500. The van der Waals surface area contributed by atoms with Crippen molar-refractivity contribution in [2.24, 2.45) is 5.92 Å². The number of ether oxygens (including phenoxy) is 1. The molecule has 0 heterocycles. The molecular weight excluding hydrogens is 204 g/mol. The second kappa shape index (κ2) is 4.83. The molecule has 0 bridgehead atoms. The highest BCUT2D eigenvalue weighted by molar-refractivity contribution is 5.41. The van der Waals surface area contributed by atoms with Crippen molar-refractivity contribution in [3.05, 3.63) is 23.5 Å². The molecule has 0 saturated carbocycles. The van der Waals surface area contributed by atoms with Gasteiger partial charge in [-0.25, -0.2) is 0 Å². The van der Waals surface area contributed by atoms with Crippen molar-refractivity contribution in [2.45, 2.75) is 25.9 Å². The SMILES string of the molecule is CC(C)COC1=C(C#N)CC(O)(C#N)C=C1. The molecule has 0 aromatic rings. The summed E-state index contributed by atoms with van der Waals surface area (Å²) < 4.78 is 5.44. The molecule has 0 spiro atoms. The Balaban J connectivity index is 2.83. The van der Waals surface area contributed by atoms with Crippen LogP contribution in [0.3, 0.4) is 0 Å². The number of nitriles is 2. The average Bonchev–Trinajstić information content (AvgIpc) is 2.27. The number of hydrogen-bond donors (Lipinski definition) is 1. The maximum atomic E-state index is 9.69. The minimum atomic E-state index is -1.57. The minimum absolute atomic E-state index is 0.00999. The van der Waals surface area contributed by atoms with E-state index in [9.17, 15) is 5.11 Å². The molecule has 0 aliphatic heterocycles. The van der Waals surface area contributed by atoms with E-state index >= 15 is 0 Å². The van der Waals surface area contributed by atoms with Crippen LogP contribution in [0, 0.1) is 28.6 Å². The van der Waals surface area contributed by atoms with E-state index in [1.807, 2.05) is 19.9 Å². The molecule has 0 radical (unpaired) electrons. The summed E-state index contributed by atoms with van der Waals surface area (Å²) in [5.74, 6) is 0.814. The van der Waals surface area contributed by atoms with E-state index in [4.69, 9.17) is 15.3 Å². The minimum Gasteiger partial charge on any atom is -0.492 e. The highest BCUT2D eigenvalue weighted by atomic mass is 16.5. The molecule has 1 unspecified atom stereocenters. The highest BCUT2D eigenvalue weighted by Crippen LogP contribution is 2.27. The van der Waals surface area contributed by atoms with E-state index in [0.29, 0.717) is 23.9 Å². The number of allylic oxidation sites excluding steroid dienone is 1. The van der Waals surface area contributed by atoms with Gasteiger partial charge in [-0.1, -0.05) is 13.8 Å². The lowest BCUT2D eigenvalue weighted by molar-refractivity contribution is 0.138. The summed E-state index contributed by atoms with van der Waals surface area (Å²) in [5, 5.41) is 27.3. The van der Waals surface area contributed by atoms with Crippen LogP contribution in [0.4, 0.5) is 0 Å². The largest absolute Gasteiger partial charge is 0.492 e. The third-order valence-electron chi connectivity index (χ3n) is 2.15. The van der Waals surface area contributed by atoms with Crippen molar-refractivity contribution in [1.29, 1.82) is 10.5 Å². The second-order valence-corrected chi connectivity index (χ2v) is 4.21. The molecule has 0 aromatic carbocycles. The van der Waals surface area contributed by atoms with E-state index in [2.05, 4.69) is 0 Å². The molecule has 4 nitrogen and oxygen atoms in total. The summed E-state index contributed by atoms with van der Waals surface area (Å²) in [7, 11) is 0. The van der Waals surface area contributed by atoms with Crippen LogP contribution in [0.5, 0.6) is 0 Å². The van der Waals surface area contributed by atoms with Crippen LogP contribution < -0.4 is 0 Å². The molecule has 1 aliphatic rings. The molecule has 1 atom stereocenters. The molecule has 4 heteroatoms. The van der Waals surface area contributed by atoms with E-state index in [1.165, 1.54) is 12.2 Å². The zero-order valence-electron chi connectivity index (χ0n) is 9.40. The topological polar surface area (TPSA) is 77.0 Å². The van der Waals surface area contributed by atoms with Crippen molar-refractivity contribution in [3.63, 3.8) is 0 Å². The number of hydrogen-bond acceptors (Lipinski definition) is 4. The Morgan fingerprint density at radius 3 is 2.75 bits per heavy atom. The summed E-state index contributed by atoms with van der Waals surface area (Å²) >= 11 is 0. The predicted octanol–water partition coefficient (Wildman–Crippen LogP) is 1.65. The fourth-order valence-electron chi connectivity index (χ4n) is 1.29. The smallest absolute Gasteiger partial charge is 0.175 e. The van der Waals surface area contributed by atoms with Gasteiger partial charge in [0.05, 0.1) is 18.2 Å². The van der Waals surface area contributed by atoms with Crippen LogP contribution in [0.25, 0.3) is 0 Å². The van der Waals surface area contributed by atoms with Crippen LogP contribution >= 0.6 is 0 Å². The van der Waals surface area contributed by atoms with Gasteiger partial charge in [-0.05, 0) is 18.1 Å². The maximum Gasteiger partial charge on any atom is 0.175 e. The van der Waals surface area contributed by atoms with Gasteiger partial charge in [0, 0.05) is 6.42 Å². The summed E-state index contributed by atoms with van der Waals surface area (Å²) in [5.41, 5.74) is -1.26. The normalized spacial score (nSPS) is 24.1. The number of nitrogens with zero attached hydrogens (tertiary/aromatic N) is 2. The first kappa shape index (κ1) is 12.3. The molecule has 0 fully saturated rings. The zero-order valence-corrected chi connectivity index (χ0v) is 9.40. The van der Waals surface area contributed by atoms with Crippen molar-refractivity contribution in [3.8, 4) is 12.1 Å². The van der Waals surface area contributed by atoms with Crippen molar-refractivity contribution in [2.75, 3.05) is 6.61 Å². The van der Waals surface area contributed by atoms with Crippen LogP contribution in [0.1, 0.15) is 20.3 Å². The lowest BCUT2D eigenvalue weighted by atomic mass is 9.91. The van der Waals surface area contributed by atoms with E-state index in [-0.39, 0.29) is 6.42 Å². The van der Waals surface area contributed by atoms with E-state index in [0.717, 1.165) is 0 Å². The lowest BCUT2D eigenvalue weighted by Crippen LogP contribution is -2.27. The highest BCUT2D eigenvalue weighted by Gasteiger charge is 2.30. The predicted molar refractivity (Wildman–Crippen MR) is 57.7 cm³/mol. The summed E-state index contributed by atoms with van der Waals surface area (Å²) in [6.07, 6.45) is 2.85. The first-order chi connectivity index (χ1) is 7.50. The van der Waals surface area contributed by atoms with Crippen LogP contribution in [-0.4, -0.2) is 17.3 Å². The summed E-state index contributed by atoms with van der Waals surface area (Å²) in [6, 6.07) is 3.72. The molecule has 1 rings (SSSR count). The lowest BCUT2D eigenvalue weighted by Gasteiger charge is -2.21. The van der Waals surface area contributed by atoms with E-state index in [1.54, 1.807) is 6.07 Å². The molecular formula is C12H14N2O2. The molecule has 0 saturated heterocycles. The monoisotopic (exact) mass is 218 g/mol. The fourth-order valence-corrected chi connectivity index (χ4v) is 1.29. The van der Waals surface area contributed by atoms with Gasteiger partial charge in [0.1, 0.15) is 11.8 Å². The summed E-state index contributed by atoms with van der Waals surface area (Å²) in [6.45, 7) is 4.52. The van der Waals surface area contributed by atoms with Gasteiger partial charge < -0.3 is 9.84 Å². The average molecular weight is 218 g/mol. The standard InChI is InChI=1S/C12H14N2O2/c1-9(2)7-16-11-3-4-12(15,8-14)5-10(11)6-13/h3-4,9,15H,5,7H2,1-2H3. The van der Waals surface area contributed by atoms with Crippen LogP contribution in [-0.2, 0) is 4.74 Å².